The van der Waals surface area contributed by atoms with E-state index < -0.39 is 5.82 Å². The van der Waals surface area contributed by atoms with Crippen LogP contribution in [-0.4, -0.2) is 36.5 Å². The Morgan fingerprint density at radius 1 is 1.25 bits per heavy atom. The third-order valence-corrected chi connectivity index (χ3v) is 2.18. The first kappa shape index (κ1) is 12.4. The van der Waals surface area contributed by atoms with Gasteiger partial charge in [0, 0.05) is 13.1 Å². The van der Waals surface area contributed by atoms with Crippen LogP contribution in [0.2, 0.25) is 0 Å². The molecule has 0 spiro atoms. The fraction of sp³-hybridized carbons (Fsp3) is 0.364. The lowest BCUT2D eigenvalue weighted by Gasteiger charge is -2.23. The van der Waals surface area contributed by atoms with Gasteiger partial charge in [0.05, 0.1) is 18.9 Å². The highest BCUT2D eigenvalue weighted by Crippen LogP contribution is 2.21. The fourth-order valence-electron chi connectivity index (χ4n) is 1.48. The Morgan fingerprint density at radius 2 is 1.88 bits per heavy atom. The van der Waals surface area contributed by atoms with Crippen LogP contribution >= 0.6 is 0 Å². The zero-order valence-electron chi connectivity index (χ0n) is 8.73. The summed E-state index contributed by atoms with van der Waals surface area (Å²) in [5, 5.41) is 26.6. The van der Waals surface area contributed by atoms with Crippen LogP contribution in [0.25, 0.3) is 0 Å². The molecule has 0 aromatic heterocycles. The molecule has 0 saturated carbocycles. The van der Waals surface area contributed by atoms with E-state index in [0.717, 1.165) is 0 Å². The molecule has 0 unspecified atom stereocenters. The van der Waals surface area contributed by atoms with Crippen LogP contribution in [0.4, 0.5) is 10.1 Å². The van der Waals surface area contributed by atoms with Gasteiger partial charge < -0.3 is 15.1 Å². The minimum Gasteiger partial charge on any atom is -0.395 e. The van der Waals surface area contributed by atoms with Gasteiger partial charge in [-0.2, -0.15) is 5.26 Å². The van der Waals surface area contributed by atoms with Crippen molar-refractivity contribution in [1.29, 1.82) is 5.26 Å². The van der Waals surface area contributed by atoms with E-state index in [-0.39, 0.29) is 31.9 Å². The molecule has 0 aliphatic heterocycles. The zero-order chi connectivity index (χ0) is 12.0. The predicted molar refractivity (Wildman–Crippen MR) is 57.5 cm³/mol. The monoisotopic (exact) mass is 224 g/mol. The predicted octanol–water partition coefficient (Wildman–Crippen LogP) is 0.488. The van der Waals surface area contributed by atoms with Gasteiger partial charge in [0.25, 0.3) is 0 Å². The maximum atomic E-state index is 13.3. The average molecular weight is 224 g/mol. The van der Waals surface area contributed by atoms with E-state index >= 15 is 0 Å². The van der Waals surface area contributed by atoms with Crippen LogP contribution in [-0.2, 0) is 0 Å². The molecule has 4 nitrogen and oxygen atoms in total. The first-order valence-corrected chi connectivity index (χ1v) is 4.90. The summed E-state index contributed by atoms with van der Waals surface area (Å²) in [6.45, 7) is 0.250. The topological polar surface area (TPSA) is 67.5 Å². The quantitative estimate of drug-likeness (QED) is 0.763. The van der Waals surface area contributed by atoms with Crippen molar-refractivity contribution in [3.63, 3.8) is 0 Å². The molecule has 0 aliphatic carbocycles. The Balaban J connectivity index is 3.08. The number of halogens is 1. The molecule has 1 aromatic carbocycles. The second-order valence-corrected chi connectivity index (χ2v) is 3.18. The first-order chi connectivity index (χ1) is 7.74. The lowest BCUT2D eigenvalue weighted by Crippen LogP contribution is -2.30. The number of aliphatic hydroxyl groups excluding tert-OH is 2. The molecule has 0 heterocycles. The molecular weight excluding hydrogens is 211 g/mol. The smallest absolute Gasteiger partial charge is 0.143 e. The van der Waals surface area contributed by atoms with E-state index in [2.05, 4.69) is 0 Å². The van der Waals surface area contributed by atoms with Crippen molar-refractivity contribution in [2.75, 3.05) is 31.2 Å². The lowest BCUT2D eigenvalue weighted by molar-refractivity contribution is 0.281. The number of benzene rings is 1. The lowest BCUT2D eigenvalue weighted by atomic mass is 10.1. The van der Waals surface area contributed by atoms with Crippen LogP contribution in [0.5, 0.6) is 0 Å². The van der Waals surface area contributed by atoms with Gasteiger partial charge in [-0.05, 0) is 12.1 Å². The summed E-state index contributed by atoms with van der Waals surface area (Å²) in [6.07, 6.45) is 0. The highest BCUT2D eigenvalue weighted by atomic mass is 19.1. The van der Waals surface area contributed by atoms with Gasteiger partial charge in [0.2, 0.25) is 0 Å². The normalized spacial score (nSPS) is 9.88. The largest absolute Gasteiger partial charge is 0.395 e. The number of nitrogens with zero attached hydrogens (tertiary/aromatic N) is 2. The van der Waals surface area contributed by atoms with Gasteiger partial charge in [-0.15, -0.1) is 0 Å². The summed E-state index contributed by atoms with van der Waals surface area (Å²) in [4.78, 5) is 1.57. The van der Waals surface area contributed by atoms with Gasteiger partial charge in [-0.25, -0.2) is 4.39 Å². The van der Waals surface area contributed by atoms with Crippen molar-refractivity contribution < 1.29 is 14.6 Å². The Morgan fingerprint density at radius 3 is 2.38 bits per heavy atom. The minimum atomic E-state index is -0.596. The number of hydrogen-bond donors (Lipinski definition) is 2. The molecule has 1 rings (SSSR count). The Kier molecular flexibility index (Phi) is 4.70. The molecule has 0 atom stereocenters. The maximum absolute atomic E-state index is 13.3. The van der Waals surface area contributed by atoms with Crippen molar-refractivity contribution in [3.05, 3.63) is 29.6 Å². The highest BCUT2D eigenvalue weighted by molar-refractivity contribution is 5.59. The van der Waals surface area contributed by atoms with E-state index in [9.17, 15) is 4.39 Å². The summed E-state index contributed by atoms with van der Waals surface area (Å²) in [5.41, 5.74) is 0.329. The molecule has 86 valence electrons. The summed E-state index contributed by atoms with van der Waals surface area (Å²) in [5.74, 6) is -0.596. The average Bonchev–Trinajstić information content (AvgIpc) is 2.28. The first-order valence-electron chi connectivity index (χ1n) is 4.90. The van der Waals surface area contributed by atoms with Gasteiger partial charge in [-0.1, -0.05) is 6.07 Å². The Bertz CT molecular complexity index is 384. The number of hydrogen-bond acceptors (Lipinski definition) is 4. The number of aliphatic hydroxyl groups is 2. The summed E-state index contributed by atoms with van der Waals surface area (Å²) >= 11 is 0. The van der Waals surface area contributed by atoms with Crippen LogP contribution in [0.15, 0.2) is 18.2 Å². The molecule has 5 heteroatoms. The zero-order valence-corrected chi connectivity index (χ0v) is 8.73. The fourth-order valence-corrected chi connectivity index (χ4v) is 1.48. The van der Waals surface area contributed by atoms with Crippen LogP contribution < -0.4 is 4.90 Å². The van der Waals surface area contributed by atoms with Gasteiger partial charge in [0.15, 0.2) is 0 Å². The highest BCUT2D eigenvalue weighted by Gasteiger charge is 2.13. The molecule has 1 aromatic rings. The van der Waals surface area contributed by atoms with Crippen LogP contribution in [0.1, 0.15) is 5.56 Å². The summed E-state index contributed by atoms with van der Waals surface area (Å²) in [7, 11) is 0. The van der Waals surface area contributed by atoms with Crippen molar-refractivity contribution >= 4 is 5.69 Å². The third kappa shape index (κ3) is 2.69. The van der Waals surface area contributed by atoms with E-state index in [1.165, 1.54) is 12.1 Å². The second-order valence-electron chi connectivity index (χ2n) is 3.18. The van der Waals surface area contributed by atoms with Gasteiger partial charge in [0.1, 0.15) is 17.4 Å². The molecule has 16 heavy (non-hydrogen) atoms. The second kappa shape index (κ2) is 6.05. The number of rotatable bonds is 5. The molecule has 0 bridgehead atoms. The SMILES string of the molecule is N#Cc1c(F)cccc1N(CCO)CCO. The minimum absolute atomic E-state index is 0.0654. The third-order valence-electron chi connectivity index (χ3n) is 2.18. The van der Waals surface area contributed by atoms with Crippen molar-refractivity contribution in [3.8, 4) is 6.07 Å². The van der Waals surface area contributed by atoms with Crippen molar-refractivity contribution in [1.82, 2.24) is 0 Å². The van der Waals surface area contributed by atoms with Crippen molar-refractivity contribution in [2.24, 2.45) is 0 Å². The molecule has 2 N–H and O–H groups in total. The van der Waals surface area contributed by atoms with E-state index in [1.807, 2.05) is 0 Å². The molecule has 0 amide bonds. The molecule has 0 radical (unpaired) electrons. The molecule has 0 fully saturated rings. The maximum Gasteiger partial charge on any atom is 0.143 e. The summed E-state index contributed by atoms with van der Waals surface area (Å²) < 4.78 is 13.3. The van der Waals surface area contributed by atoms with Crippen LogP contribution in [0, 0.1) is 17.1 Å². The molecule has 0 aliphatic rings. The van der Waals surface area contributed by atoms with Gasteiger partial charge >= 0.3 is 0 Å². The van der Waals surface area contributed by atoms with Gasteiger partial charge in [-0.3, -0.25) is 0 Å². The Labute approximate surface area is 93.2 Å². The summed E-state index contributed by atoms with van der Waals surface area (Å²) in [6, 6.07) is 6.07. The van der Waals surface area contributed by atoms with Crippen molar-refractivity contribution in [2.45, 2.75) is 0 Å². The van der Waals surface area contributed by atoms with E-state index in [0.29, 0.717) is 5.69 Å². The van der Waals surface area contributed by atoms with Crippen LogP contribution in [0.3, 0.4) is 0 Å². The van der Waals surface area contributed by atoms with E-state index in [4.69, 9.17) is 15.5 Å². The number of nitriles is 1. The standard InChI is InChI=1S/C11H13FN2O2/c12-10-2-1-3-11(9(10)8-13)14(4-6-15)5-7-16/h1-3,15-16H,4-7H2. The Hall–Kier alpha value is -1.64. The number of anilines is 1. The molecular formula is C11H13FN2O2. The van der Waals surface area contributed by atoms with E-state index in [1.54, 1.807) is 17.0 Å². The molecule has 0 saturated heterocycles.